The highest BCUT2D eigenvalue weighted by atomic mass is 19.1. The number of nitrogens with one attached hydrogen (secondary N) is 1. The van der Waals surface area contributed by atoms with Crippen LogP contribution in [-0.4, -0.2) is 25.4 Å². The van der Waals surface area contributed by atoms with E-state index in [-0.39, 0.29) is 24.5 Å². The first kappa shape index (κ1) is 16.2. The zero-order valence-electron chi connectivity index (χ0n) is 12.6. The molecule has 2 rings (SSSR count). The monoisotopic (exact) mass is 299 g/mol. The summed E-state index contributed by atoms with van der Waals surface area (Å²) in [6, 6.07) is 2.90. The van der Waals surface area contributed by atoms with Gasteiger partial charge in [-0.05, 0) is 30.5 Å². The van der Waals surface area contributed by atoms with Gasteiger partial charge in [0, 0.05) is 25.6 Å². The Morgan fingerprint density at radius 2 is 2.05 bits per heavy atom. The third kappa shape index (κ3) is 4.93. The third-order valence-corrected chi connectivity index (χ3v) is 3.48. The number of halogens is 2. The fraction of sp³-hybridized carbons (Fsp3) is 0.625. The number of hydrogen-bond donors (Lipinski definition) is 1. The van der Waals surface area contributed by atoms with Crippen molar-refractivity contribution in [3.8, 4) is 5.75 Å². The maximum Gasteiger partial charge on any atom is 0.190 e. The lowest BCUT2D eigenvalue weighted by atomic mass is 10.2. The Bertz CT molecular complexity index is 437. The van der Waals surface area contributed by atoms with E-state index < -0.39 is 11.6 Å². The standard InChI is InChI=1S/C16H23F2NO2/c1-11(2)19-10-12-8-14(17)16(15(18)9-12)21-7-5-13-4-3-6-20-13/h8-9,11,13,19H,3-7,10H2,1-2H3. The van der Waals surface area contributed by atoms with Gasteiger partial charge in [0.2, 0.25) is 0 Å². The first-order valence-corrected chi connectivity index (χ1v) is 7.52. The van der Waals surface area contributed by atoms with Gasteiger partial charge in [-0.1, -0.05) is 13.8 Å². The average Bonchev–Trinajstić information content (AvgIpc) is 2.92. The summed E-state index contributed by atoms with van der Waals surface area (Å²) >= 11 is 0. The lowest BCUT2D eigenvalue weighted by Gasteiger charge is -2.13. The Morgan fingerprint density at radius 1 is 1.33 bits per heavy atom. The van der Waals surface area contributed by atoms with Crippen molar-refractivity contribution in [2.75, 3.05) is 13.2 Å². The van der Waals surface area contributed by atoms with E-state index in [1.54, 1.807) is 0 Å². The van der Waals surface area contributed by atoms with Crippen molar-refractivity contribution < 1.29 is 18.3 Å². The average molecular weight is 299 g/mol. The number of hydrogen-bond acceptors (Lipinski definition) is 3. The molecule has 5 heteroatoms. The normalized spacial score (nSPS) is 18.4. The van der Waals surface area contributed by atoms with Crippen LogP contribution < -0.4 is 10.1 Å². The molecule has 1 atom stereocenters. The highest BCUT2D eigenvalue weighted by Gasteiger charge is 2.17. The molecule has 0 spiro atoms. The number of rotatable bonds is 7. The van der Waals surface area contributed by atoms with Crippen molar-refractivity contribution in [1.29, 1.82) is 0 Å². The van der Waals surface area contributed by atoms with Crippen LogP contribution in [0, 0.1) is 11.6 Å². The molecule has 0 aliphatic carbocycles. The van der Waals surface area contributed by atoms with E-state index >= 15 is 0 Å². The molecule has 0 bridgehead atoms. The molecule has 0 radical (unpaired) electrons. The molecule has 0 amide bonds. The van der Waals surface area contributed by atoms with Crippen LogP contribution in [0.3, 0.4) is 0 Å². The van der Waals surface area contributed by atoms with Gasteiger partial charge in [0.25, 0.3) is 0 Å². The van der Waals surface area contributed by atoms with Crippen LogP contribution in [0.4, 0.5) is 8.78 Å². The van der Waals surface area contributed by atoms with Gasteiger partial charge in [0.1, 0.15) is 0 Å². The van der Waals surface area contributed by atoms with Crippen molar-refractivity contribution in [1.82, 2.24) is 5.32 Å². The van der Waals surface area contributed by atoms with Crippen molar-refractivity contribution in [2.24, 2.45) is 0 Å². The molecule has 1 aromatic rings. The summed E-state index contributed by atoms with van der Waals surface area (Å²) in [5.41, 5.74) is 0.574. The number of benzene rings is 1. The third-order valence-electron chi connectivity index (χ3n) is 3.48. The second-order valence-electron chi connectivity index (χ2n) is 5.70. The van der Waals surface area contributed by atoms with E-state index in [1.165, 1.54) is 12.1 Å². The zero-order chi connectivity index (χ0) is 15.2. The van der Waals surface area contributed by atoms with Crippen molar-refractivity contribution in [3.05, 3.63) is 29.3 Å². The van der Waals surface area contributed by atoms with Gasteiger partial charge in [-0.2, -0.15) is 0 Å². The molecule has 1 aromatic carbocycles. The summed E-state index contributed by atoms with van der Waals surface area (Å²) in [5, 5.41) is 3.13. The van der Waals surface area contributed by atoms with Crippen molar-refractivity contribution in [2.45, 2.75) is 51.8 Å². The van der Waals surface area contributed by atoms with Crippen molar-refractivity contribution >= 4 is 0 Å². The van der Waals surface area contributed by atoms with Crippen LogP contribution in [-0.2, 0) is 11.3 Å². The quantitative estimate of drug-likeness (QED) is 0.837. The first-order chi connectivity index (χ1) is 10.1. The zero-order valence-corrected chi connectivity index (χ0v) is 12.6. The topological polar surface area (TPSA) is 30.5 Å². The van der Waals surface area contributed by atoms with Crippen LogP contribution in [0.2, 0.25) is 0 Å². The van der Waals surface area contributed by atoms with Gasteiger partial charge < -0.3 is 14.8 Å². The molecular weight excluding hydrogens is 276 g/mol. The van der Waals surface area contributed by atoms with E-state index in [9.17, 15) is 8.78 Å². The fourth-order valence-corrected chi connectivity index (χ4v) is 2.34. The van der Waals surface area contributed by atoms with E-state index in [4.69, 9.17) is 9.47 Å². The van der Waals surface area contributed by atoms with E-state index in [0.29, 0.717) is 18.5 Å². The summed E-state index contributed by atoms with van der Waals surface area (Å²) in [6.07, 6.45) is 2.86. The second kappa shape index (κ2) is 7.71. The Hall–Kier alpha value is -1.20. The minimum Gasteiger partial charge on any atom is -0.488 e. The number of ether oxygens (including phenoxy) is 2. The van der Waals surface area contributed by atoms with E-state index in [2.05, 4.69) is 5.32 Å². The molecular formula is C16H23F2NO2. The molecule has 1 fully saturated rings. The van der Waals surface area contributed by atoms with Crippen LogP contribution in [0.15, 0.2) is 12.1 Å². The van der Waals surface area contributed by atoms with Crippen LogP contribution in [0.5, 0.6) is 5.75 Å². The SMILES string of the molecule is CC(C)NCc1cc(F)c(OCCC2CCCO2)c(F)c1. The molecule has 21 heavy (non-hydrogen) atoms. The Labute approximate surface area is 124 Å². The molecule has 0 aromatic heterocycles. The predicted octanol–water partition coefficient (Wildman–Crippen LogP) is 3.41. The largest absolute Gasteiger partial charge is 0.488 e. The second-order valence-corrected chi connectivity index (χ2v) is 5.70. The van der Waals surface area contributed by atoms with Crippen LogP contribution >= 0.6 is 0 Å². The van der Waals surface area contributed by atoms with Gasteiger partial charge in [-0.25, -0.2) is 8.78 Å². The minimum absolute atomic E-state index is 0.158. The van der Waals surface area contributed by atoms with Crippen LogP contribution in [0.25, 0.3) is 0 Å². The first-order valence-electron chi connectivity index (χ1n) is 7.52. The summed E-state index contributed by atoms with van der Waals surface area (Å²) in [4.78, 5) is 0. The minimum atomic E-state index is -0.650. The molecule has 1 heterocycles. The molecule has 118 valence electrons. The molecule has 3 nitrogen and oxygen atoms in total. The summed E-state index contributed by atoms with van der Waals surface area (Å²) < 4.78 is 38.5. The maximum atomic E-state index is 13.9. The molecule has 1 N–H and O–H groups in total. The van der Waals surface area contributed by atoms with Gasteiger partial charge in [-0.3, -0.25) is 0 Å². The molecule has 1 saturated heterocycles. The smallest absolute Gasteiger partial charge is 0.190 e. The highest BCUT2D eigenvalue weighted by molar-refractivity contribution is 5.31. The maximum absolute atomic E-state index is 13.9. The molecule has 1 aliphatic heterocycles. The van der Waals surface area contributed by atoms with E-state index in [1.807, 2.05) is 13.8 Å². The Morgan fingerprint density at radius 3 is 2.62 bits per heavy atom. The molecule has 1 aliphatic rings. The van der Waals surface area contributed by atoms with Crippen molar-refractivity contribution in [3.63, 3.8) is 0 Å². The fourth-order valence-electron chi connectivity index (χ4n) is 2.34. The summed E-state index contributed by atoms with van der Waals surface area (Å²) in [5.74, 6) is -1.59. The predicted molar refractivity (Wildman–Crippen MR) is 77.4 cm³/mol. The van der Waals surface area contributed by atoms with Gasteiger partial charge in [-0.15, -0.1) is 0 Å². The lowest BCUT2D eigenvalue weighted by molar-refractivity contribution is 0.0890. The Balaban J connectivity index is 1.89. The van der Waals surface area contributed by atoms with Gasteiger partial charge in [0.05, 0.1) is 12.7 Å². The van der Waals surface area contributed by atoms with Gasteiger partial charge in [0.15, 0.2) is 17.4 Å². The highest BCUT2D eigenvalue weighted by Crippen LogP contribution is 2.24. The molecule has 1 unspecified atom stereocenters. The van der Waals surface area contributed by atoms with E-state index in [0.717, 1.165) is 19.4 Å². The van der Waals surface area contributed by atoms with Crippen LogP contribution in [0.1, 0.15) is 38.7 Å². The summed E-state index contributed by atoms with van der Waals surface area (Å²) in [7, 11) is 0. The summed E-state index contributed by atoms with van der Waals surface area (Å²) in [6.45, 7) is 5.43. The van der Waals surface area contributed by atoms with Gasteiger partial charge >= 0.3 is 0 Å². The molecule has 0 saturated carbocycles. The lowest BCUT2D eigenvalue weighted by Crippen LogP contribution is -2.22. The Kier molecular flexibility index (Phi) is 5.94.